The van der Waals surface area contributed by atoms with Crippen LogP contribution in [0.25, 0.3) is 27.5 Å². The van der Waals surface area contributed by atoms with Crippen molar-refractivity contribution in [2.45, 2.75) is 52.4 Å². The lowest BCUT2D eigenvalue weighted by atomic mass is 9.91. The van der Waals surface area contributed by atoms with Crippen LogP contribution in [0.3, 0.4) is 0 Å². The molecule has 3 heterocycles. The van der Waals surface area contributed by atoms with Gasteiger partial charge in [-0.1, -0.05) is 0 Å². The second-order valence-corrected chi connectivity index (χ2v) is 9.42. The first-order chi connectivity index (χ1) is 16.9. The number of rotatable bonds is 6. The summed E-state index contributed by atoms with van der Waals surface area (Å²) in [7, 11) is 1.96. The second kappa shape index (κ2) is 9.46. The minimum atomic E-state index is -0.217. The molecule has 0 N–H and O–H groups in total. The maximum atomic E-state index is 14.2. The smallest absolute Gasteiger partial charge is 0.306 e. The monoisotopic (exact) mass is 477 g/mol. The summed E-state index contributed by atoms with van der Waals surface area (Å²) in [5.74, 6) is -0.131. The van der Waals surface area contributed by atoms with Crippen LogP contribution in [0, 0.1) is 19.7 Å². The van der Waals surface area contributed by atoms with Gasteiger partial charge in [-0.15, -0.1) is 0 Å². The maximum Gasteiger partial charge on any atom is 0.306 e. The Morgan fingerprint density at radius 1 is 1.14 bits per heavy atom. The molecule has 0 radical (unpaired) electrons. The summed E-state index contributed by atoms with van der Waals surface area (Å²) in [4.78, 5) is 12.4. The lowest BCUT2D eigenvalue weighted by Gasteiger charge is -2.26. The zero-order valence-electron chi connectivity index (χ0n) is 20.9. The van der Waals surface area contributed by atoms with E-state index in [1.807, 2.05) is 37.7 Å². The van der Waals surface area contributed by atoms with Gasteiger partial charge >= 0.3 is 5.97 Å². The summed E-state index contributed by atoms with van der Waals surface area (Å²) in [6, 6.07) is 9.69. The predicted molar refractivity (Wildman–Crippen MR) is 135 cm³/mol. The summed E-state index contributed by atoms with van der Waals surface area (Å²) in [5.41, 5.74) is 6.96. The Balaban J connectivity index is 1.81. The fraction of sp³-hybridized carbons (Fsp3) is 0.429. The number of carbonyl (C=O) groups is 1. The van der Waals surface area contributed by atoms with Crippen LogP contribution in [0.1, 0.15) is 54.6 Å². The summed E-state index contributed by atoms with van der Waals surface area (Å²) >= 11 is 0. The van der Waals surface area contributed by atoms with Crippen LogP contribution in [0.5, 0.6) is 0 Å². The molecule has 184 valence electrons. The Bertz CT molecular complexity index is 1410. The van der Waals surface area contributed by atoms with Crippen molar-refractivity contribution in [3.63, 3.8) is 0 Å². The molecule has 0 spiro atoms. The van der Waals surface area contributed by atoms with Gasteiger partial charge in [0.05, 0.1) is 23.3 Å². The molecule has 0 aliphatic carbocycles. The molecule has 6 nitrogen and oxygen atoms in total. The highest BCUT2D eigenvalue weighted by atomic mass is 19.1. The van der Waals surface area contributed by atoms with Gasteiger partial charge in [-0.25, -0.2) is 4.39 Å². The third-order valence-corrected chi connectivity index (χ3v) is 7.16. The van der Waals surface area contributed by atoms with Crippen molar-refractivity contribution in [2.24, 2.45) is 7.05 Å². The van der Waals surface area contributed by atoms with Crippen molar-refractivity contribution in [3.05, 3.63) is 58.7 Å². The first-order valence-corrected chi connectivity index (χ1v) is 12.4. The lowest BCUT2D eigenvalue weighted by Crippen LogP contribution is -2.18. The van der Waals surface area contributed by atoms with Gasteiger partial charge < -0.3 is 14.0 Å². The van der Waals surface area contributed by atoms with Crippen LogP contribution < -0.4 is 0 Å². The lowest BCUT2D eigenvalue weighted by molar-refractivity contribution is -0.143. The number of halogens is 1. The van der Waals surface area contributed by atoms with Crippen molar-refractivity contribution < 1.29 is 18.7 Å². The van der Waals surface area contributed by atoms with Crippen LogP contribution >= 0.6 is 0 Å². The van der Waals surface area contributed by atoms with Gasteiger partial charge in [0.2, 0.25) is 0 Å². The highest BCUT2D eigenvalue weighted by Gasteiger charge is 2.28. The van der Waals surface area contributed by atoms with E-state index in [2.05, 4.69) is 21.8 Å². The molecular formula is C28H32FN3O3. The largest absolute Gasteiger partial charge is 0.466 e. The van der Waals surface area contributed by atoms with E-state index in [1.54, 1.807) is 6.92 Å². The van der Waals surface area contributed by atoms with Gasteiger partial charge in [0.25, 0.3) is 0 Å². The summed E-state index contributed by atoms with van der Waals surface area (Å²) in [6.45, 7) is 7.43. The zero-order chi connectivity index (χ0) is 24.7. The first kappa shape index (κ1) is 23.5. The number of hydrogen-bond acceptors (Lipinski definition) is 4. The van der Waals surface area contributed by atoms with Crippen molar-refractivity contribution in [3.8, 4) is 5.69 Å². The molecule has 7 heteroatoms. The standard InChI is InChI=1S/C28H32FN3O3/c1-5-35-27(33)9-7-21-23-16-25-22(18(3)30-31(25)4)15-26(23)32(20-6-8-24(29)17(2)14-20)28(21)19-10-12-34-13-11-19/h6,8,14-16,19H,5,7,9-13H2,1-4H3. The summed E-state index contributed by atoms with van der Waals surface area (Å²) < 4.78 is 29.4. The average molecular weight is 478 g/mol. The molecule has 35 heavy (non-hydrogen) atoms. The first-order valence-electron chi connectivity index (χ1n) is 12.4. The molecule has 4 aromatic rings. The molecule has 0 atom stereocenters. The van der Waals surface area contributed by atoms with E-state index in [0.29, 0.717) is 38.2 Å². The van der Waals surface area contributed by atoms with Crippen LogP contribution in [0.4, 0.5) is 4.39 Å². The predicted octanol–water partition coefficient (Wildman–Crippen LogP) is 5.66. The molecule has 2 aromatic heterocycles. The minimum Gasteiger partial charge on any atom is -0.466 e. The summed E-state index contributed by atoms with van der Waals surface area (Å²) in [6.07, 6.45) is 2.71. The van der Waals surface area contributed by atoms with Gasteiger partial charge in [0, 0.05) is 54.8 Å². The number of hydrogen-bond donors (Lipinski definition) is 0. The molecule has 0 unspecified atom stereocenters. The topological polar surface area (TPSA) is 58.3 Å². The van der Waals surface area contributed by atoms with Crippen LogP contribution in [0.15, 0.2) is 30.3 Å². The number of esters is 1. The quantitative estimate of drug-likeness (QED) is 0.336. The van der Waals surface area contributed by atoms with Gasteiger partial charge in [0.1, 0.15) is 5.82 Å². The third kappa shape index (κ3) is 4.22. The second-order valence-electron chi connectivity index (χ2n) is 9.42. The average Bonchev–Trinajstić information content (AvgIpc) is 3.32. The highest BCUT2D eigenvalue weighted by Crippen LogP contribution is 2.41. The molecule has 1 fully saturated rings. The van der Waals surface area contributed by atoms with E-state index >= 15 is 0 Å². The Kier molecular flexibility index (Phi) is 6.36. The molecule has 1 aliphatic heterocycles. The molecule has 0 saturated carbocycles. The molecule has 1 saturated heterocycles. The molecule has 0 amide bonds. The van der Waals surface area contributed by atoms with Crippen molar-refractivity contribution in [1.82, 2.24) is 14.3 Å². The van der Waals surface area contributed by atoms with Crippen LogP contribution in [-0.2, 0) is 27.7 Å². The highest BCUT2D eigenvalue weighted by molar-refractivity contribution is 6.00. The number of benzene rings is 2. The van der Waals surface area contributed by atoms with Crippen molar-refractivity contribution >= 4 is 27.8 Å². The van der Waals surface area contributed by atoms with Gasteiger partial charge in [0.15, 0.2) is 0 Å². The molecule has 2 aromatic carbocycles. The van der Waals surface area contributed by atoms with E-state index in [9.17, 15) is 9.18 Å². The van der Waals surface area contributed by atoms with Crippen LogP contribution in [-0.4, -0.2) is 40.1 Å². The van der Waals surface area contributed by atoms with Gasteiger partial charge in [-0.3, -0.25) is 9.48 Å². The Morgan fingerprint density at radius 2 is 1.89 bits per heavy atom. The number of aryl methyl sites for hydroxylation is 4. The van der Waals surface area contributed by atoms with Crippen LogP contribution in [0.2, 0.25) is 0 Å². The van der Waals surface area contributed by atoms with Crippen molar-refractivity contribution in [2.75, 3.05) is 19.8 Å². The molecular weight excluding hydrogens is 445 g/mol. The fourth-order valence-corrected chi connectivity index (χ4v) is 5.47. The summed E-state index contributed by atoms with van der Waals surface area (Å²) in [5, 5.41) is 6.82. The van der Waals surface area contributed by atoms with E-state index in [-0.39, 0.29) is 17.7 Å². The third-order valence-electron chi connectivity index (χ3n) is 7.16. The molecule has 1 aliphatic rings. The fourth-order valence-electron chi connectivity index (χ4n) is 5.47. The zero-order valence-corrected chi connectivity index (χ0v) is 20.9. The van der Waals surface area contributed by atoms with E-state index in [4.69, 9.17) is 9.47 Å². The number of nitrogens with zero attached hydrogens (tertiary/aromatic N) is 3. The van der Waals surface area contributed by atoms with Gasteiger partial charge in [-0.05, 0) is 81.5 Å². The van der Waals surface area contributed by atoms with E-state index in [1.165, 1.54) is 11.8 Å². The normalized spacial score (nSPS) is 14.8. The van der Waals surface area contributed by atoms with Gasteiger partial charge in [-0.2, -0.15) is 5.10 Å². The SMILES string of the molecule is CCOC(=O)CCc1c(C2CCOCC2)n(-c2ccc(F)c(C)c2)c2cc3c(C)nn(C)c3cc12. The minimum absolute atomic E-state index is 0.193. The Hall–Kier alpha value is -3.19. The number of aromatic nitrogens is 3. The van der Waals surface area contributed by atoms with E-state index in [0.717, 1.165) is 51.6 Å². The Labute approximate surface area is 204 Å². The maximum absolute atomic E-state index is 14.2. The molecule has 0 bridgehead atoms. The van der Waals surface area contributed by atoms with E-state index < -0.39 is 0 Å². The Morgan fingerprint density at radius 3 is 2.60 bits per heavy atom. The number of ether oxygens (including phenoxy) is 2. The number of fused-ring (bicyclic) bond motifs is 2. The number of carbonyl (C=O) groups excluding carboxylic acids is 1. The van der Waals surface area contributed by atoms with Crippen molar-refractivity contribution in [1.29, 1.82) is 0 Å². The molecule has 5 rings (SSSR count).